The van der Waals surface area contributed by atoms with Crippen LogP contribution in [0.25, 0.3) is 0 Å². The van der Waals surface area contributed by atoms with Crippen molar-refractivity contribution in [3.05, 3.63) is 51.1 Å². The average molecular weight is 468 g/mol. The lowest BCUT2D eigenvalue weighted by Gasteiger charge is -2.13. The minimum atomic E-state index is -4.38. The van der Waals surface area contributed by atoms with Crippen LogP contribution < -0.4 is 4.18 Å². The Labute approximate surface area is 148 Å². The summed E-state index contributed by atoms with van der Waals surface area (Å²) >= 11 is 1.89. The molecule has 9 heteroatoms. The van der Waals surface area contributed by atoms with Crippen molar-refractivity contribution in [1.29, 1.82) is 0 Å². The highest BCUT2D eigenvalue weighted by Gasteiger charge is 2.22. The molecule has 0 saturated carbocycles. The lowest BCUT2D eigenvalue weighted by Crippen LogP contribution is -2.12. The maximum absolute atomic E-state index is 12.4. The number of hydrogen-bond donors (Lipinski definition) is 1. The van der Waals surface area contributed by atoms with Crippen molar-refractivity contribution in [2.45, 2.75) is 23.6 Å². The molecule has 1 N–H and O–H groups in total. The van der Waals surface area contributed by atoms with Crippen molar-refractivity contribution in [3.8, 4) is 5.75 Å². The Hall–Kier alpha value is -1.17. The Morgan fingerprint density at radius 2 is 1.57 bits per heavy atom. The second kappa shape index (κ2) is 6.38. The largest absolute Gasteiger partial charge is 0.379 e. The van der Waals surface area contributed by atoms with E-state index in [1.54, 1.807) is 18.2 Å². The summed E-state index contributed by atoms with van der Waals surface area (Å²) in [4.78, 5) is -0.259. The van der Waals surface area contributed by atoms with Gasteiger partial charge in [0.25, 0.3) is 10.1 Å². The third-order valence-electron chi connectivity index (χ3n) is 3.06. The zero-order valence-corrected chi connectivity index (χ0v) is 15.9. The van der Waals surface area contributed by atoms with E-state index in [2.05, 4.69) is 0 Å². The second-order valence-corrected chi connectivity index (χ2v) is 8.89. The Bertz CT molecular complexity index is 965. The van der Waals surface area contributed by atoms with E-state index < -0.39 is 20.2 Å². The predicted octanol–water partition coefficient (Wildman–Crippen LogP) is 2.92. The Kier molecular flexibility index (Phi) is 5.04. The molecule has 2 aromatic carbocycles. The molecule has 0 spiro atoms. The molecular weight excluding hydrogens is 455 g/mol. The molecule has 0 aliphatic carbocycles. The van der Waals surface area contributed by atoms with Crippen LogP contribution in [0.3, 0.4) is 0 Å². The van der Waals surface area contributed by atoms with Crippen LogP contribution in [0.5, 0.6) is 5.75 Å². The minimum Gasteiger partial charge on any atom is -0.379 e. The Morgan fingerprint density at radius 3 is 2.13 bits per heavy atom. The smallest absolute Gasteiger partial charge is 0.340 e. The molecule has 0 amide bonds. The molecule has 23 heavy (non-hydrogen) atoms. The van der Waals surface area contributed by atoms with Crippen molar-refractivity contribution in [2.75, 3.05) is 0 Å². The van der Waals surface area contributed by atoms with Crippen molar-refractivity contribution in [3.63, 3.8) is 0 Å². The monoisotopic (exact) mass is 468 g/mol. The van der Waals surface area contributed by atoms with Gasteiger partial charge >= 0.3 is 10.1 Å². The van der Waals surface area contributed by atoms with E-state index in [9.17, 15) is 16.8 Å². The molecule has 0 atom stereocenters. The highest BCUT2D eigenvalue weighted by molar-refractivity contribution is 14.1. The second-order valence-electron chi connectivity index (χ2n) is 4.83. The van der Waals surface area contributed by atoms with Crippen LogP contribution in [-0.4, -0.2) is 21.4 Å². The van der Waals surface area contributed by atoms with Crippen LogP contribution >= 0.6 is 22.6 Å². The molecule has 2 rings (SSSR count). The van der Waals surface area contributed by atoms with Gasteiger partial charge < -0.3 is 4.18 Å². The third kappa shape index (κ3) is 4.03. The summed E-state index contributed by atoms with van der Waals surface area (Å²) in [5.74, 6) is 0.00885. The van der Waals surface area contributed by atoms with Crippen LogP contribution in [0, 0.1) is 17.4 Å². The van der Waals surface area contributed by atoms with Crippen molar-refractivity contribution in [1.82, 2.24) is 0 Å². The predicted molar refractivity (Wildman–Crippen MR) is 92.7 cm³/mol. The van der Waals surface area contributed by atoms with Crippen molar-refractivity contribution in [2.24, 2.45) is 0 Å². The van der Waals surface area contributed by atoms with E-state index in [1.807, 2.05) is 22.6 Å². The van der Waals surface area contributed by atoms with Crippen LogP contribution in [0.1, 0.15) is 11.1 Å². The highest BCUT2D eigenvalue weighted by atomic mass is 127. The molecule has 0 radical (unpaired) electrons. The Balaban J connectivity index is 2.49. The topological polar surface area (TPSA) is 97.7 Å². The molecule has 0 unspecified atom stereocenters. The first-order chi connectivity index (χ1) is 10.5. The van der Waals surface area contributed by atoms with Gasteiger partial charge in [0.05, 0.1) is 4.90 Å². The highest BCUT2D eigenvalue weighted by Crippen LogP contribution is 2.29. The summed E-state index contributed by atoms with van der Waals surface area (Å²) in [7, 11) is -8.43. The van der Waals surface area contributed by atoms with E-state index in [-0.39, 0.29) is 26.7 Å². The summed E-state index contributed by atoms with van der Waals surface area (Å²) in [5.41, 5.74) is 0.462. The van der Waals surface area contributed by atoms with Crippen LogP contribution in [-0.2, 0) is 20.2 Å². The number of halogens is 1. The van der Waals surface area contributed by atoms with Gasteiger partial charge in [0.2, 0.25) is 0 Å². The summed E-state index contributed by atoms with van der Waals surface area (Å²) in [6, 6.07) is 8.79. The van der Waals surface area contributed by atoms with E-state index >= 15 is 0 Å². The molecule has 2 aromatic rings. The fourth-order valence-electron chi connectivity index (χ4n) is 1.94. The summed E-state index contributed by atoms with van der Waals surface area (Å²) in [6.45, 7) is 2.93. The van der Waals surface area contributed by atoms with Crippen LogP contribution in [0.15, 0.2) is 46.2 Å². The van der Waals surface area contributed by atoms with E-state index in [4.69, 9.17) is 8.74 Å². The number of benzene rings is 2. The van der Waals surface area contributed by atoms with Gasteiger partial charge in [0, 0.05) is 3.57 Å². The lowest BCUT2D eigenvalue weighted by atomic mass is 10.1. The van der Waals surface area contributed by atoms with Gasteiger partial charge in [-0.25, -0.2) is 0 Å². The summed E-state index contributed by atoms with van der Waals surface area (Å²) in [6.07, 6.45) is 0. The molecular formula is C14H13IO6S2. The quantitative estimate of drug-likeness (QED) is 0.421. The van der Waals surface area contributed by atoms with Gasteiger partial charge in [-0.3, -0.25) is 4.55 Å². The van der Waals surface area contributed by atoms with Crippen molar-refractivity contribution >= 4 is 42.8 Å². The zero-order valence-electron chi connectivity index (χ0n) is 12.1. The minimum absolute atomic E-state index is 0.00885. The first-order valence-corrected chi connectivity index (χ1v) is 10.2. The SMILES string of the molecule is Cc1cc(S(=O)(=O)O)c(C)cc1OS(=O)(=O)c1ccccc1I. The fraction of sp³-hybridized carbons (Fsp3) is 0.143. The zero-order chi connectivity index (χ0) is 17.4. The molecule has 0 fully saturated rings. The fourth-order valence-corrected chi connectivity index (χ4v) is 4.99. The van der Waals surface area contributed by atoms with Gasteiger partial charge in [-0.15, -0.1) is 0 Å². The maximum Gasteiger partial charge on any atom is 0.340 e. The first kappa shape index (κ1) is 18.2. The lowest BCUT2D eigenvalue weighted by molar-refractivity contribution is 0.480. The van der Waals surface area contributed by atoms with Crippen LogP contribution in [0.4, 0.5) is 0 Å². The number of rotatable bonds is 4. The summed E-state index contributed by atoms with van der Waals surface area (Å²) in [5, 5.41) is 0. The van der Waals surface area contributed by atoms with Gasteiger partial charge in [-0.05, 0) is 71.8 Å². The van der Waals surface area contributed by atoms with E-state index in [1.165, 1.54) is 32.0 Å². The van der Waals surface area contributed by atoms with Crippen molar-refractivity contribution < 1.29 is 25.6 Å². The number of hydrogen-bond acceptors (Lipinski definition) is 5. The van der Waals surface area contributed by atoms with E-state index in [0.29, 0.717) is 3.57 Å². The molecule has 0 heterocycles. The summed E-state index contributed by atoms with van der Waals surface area (Å²) < 4.78 is 62.1. The van der Waals surface area contributed by atoms with Crippen LogP contribution in [0.2, 0.25) is 0 Å². The van der Waals surface area contributed by atoms with Gasteiger partial charge in [-0.2, -0.15) is 16.8 Å². The Morgan fingerprint density at radius 1 is 0.957 bits per heavy atom. The standard InChI is InChI=1S/C14H13IO6S2/c1-9-8-14(22(16,17)18)10(2)7-12(9)21-23(19,20)13-6-4-3-5-11(13)15/h3-8H,1-2H3,(H,16,17,18). The molecule has 0 bridgehead atoms. The molecule has 0 saturated heterocycles. The molecule has 0 aliphatic rings. The normalized spacial score (nSPS) is 12.2. The molecule has 6 nitrogen and oxygen atoms in total. The number of aryl methyl sites for hydroxylation is 2. The molecule has 0 aromatic heterocycles. The average Bonchev–Trinajstić information content (AvgIpc) is 2.41. The van der Waals surface area contributed by atoms with Gasteiger partial charge in [0.1, 0.15) is 10.6 Å². The first-order valence-electron chi connectivity index (χ1n) is 6.30. The third-order valence-corrected chi connectivity index (χ3v) is 6.65. The van der Waals surface area contributed by atoms with Gasteiger partial charge in [-0.1, -0.05) is 12.1 Å². The molecule has 0 aliphatic heterocycles. The van der Waals surface area contributed by atoms with Gasteiger partial charge in [0.15, 0.2) is 0 Å². The molecule has 124 valence electrons. The maximum atomic E-state index is 12.4. The van der Waals surface area contributed by atoms with E-state index in [0.717, 1.165) is 0 Å².